The average Bonchev–Trinajstić information content (AvgIpc) is 3.38. The highest BCUT2D eigenvalue weighted by molar-refractivity contribution is 7.80. The molecule has 1 aromatic heterocycles. The molecule has 2 heterocycles. The van der Waals surface area contributed by atoms with Crippen LogP contribution in [0.15, 0.2) is 60.6 Å². The Kier molecular flexibility index (Phi) is 6.05. The first kappa shape index (κ1) is 22.0. The fourth-order valence-corrected chi connectivity index (χ4v) is 3.75. The van der Waals surface area contributed by atoms with E-state index in [9.17, 15) is 14.9 Å². The molecule has 0 saturated carbocycles. The monoisotopic (exact) mass is 465 g/mol. The minimum absolute atomic E-state index is 0.0991. The van der Waals surface area contributed by atoms with Crippen LogP contribution in [0.1, 0.15) is 11.1 Å². The minimum atomic E-state index is -0.505. The second-order valence-electron chi connectivity index (χ2n) is 7.03. The van der Waals surface area contributed by atoms with Crippen molar-refractivity contribution >= 4 is 40.7 Å². The van der Waals surface area contributed by atoms with E-state index >= 15 is 0 Å². The van der Waals surface area contributed by atoms with E-state index in [2.05, 4.69) is 10.4 Å². The van der Waals surface area contributed by atoms with Gasteiger partial charge in [-0.2, -0.15) is 5.10 Å². The second kappa shape index (κ2) is 9.09. The average molecular weight is 465 g/mol. The number of methoxy groups -OCH3 is 2. The highest BCUT2D eigenvalue weighted by Crippen LogP contribution is 2.31. The quantitative estimate of drug-likeness (QED) is 0.245. The van der Waals surface area contributed by atoms with Crippen LogP contribution in [0.3, 0.4) is 0 Å². The molecule has 4 rings (SSSR count). The molecule has 1 amide bonds. The first-order valence-electron chi connectivity index (χ1n) is 9.75. The SMILES string of the molecule is COc1ccc(/C=C2/NC(=S)N(c3ccccc3OC)C2=O)cc1Cn1cc([N+](=O)[O-])cn1. The maximum absolute atomic E-state index is 13.1. The molecule has 0 radical (unpaired) electrons. The number of benzene rings is 2. The van der Waals surface area contributed by atoms with Crippen molar-refractivity contribution < 1.29 is 19.2 Å². The van der Waals surface area contributed by atoms with Gasteiger partial charge in [0.1, 0.15) is 29.6 Å². The fraction of sp³-hybridized carbons (Fsp3) is 0.136. The predicted molar refractivity (Wildman–Crippen MR) is 125 cm³/mol. The zero-order chi connectivity index (χ0) is 23.5. The van der Waals surface area contributed by atoms with E-state index in [4.69, 9.17) is 21.7 Å². The Labute approximate surface area is 194 Å². The summed E-state index contributed by atoms with van der Waals surface area (Å²) in [5, 5.41) is 18.1. The normalized spacial score (nSPS) is 14.5. The molecular weight excluding hydrogens is 446 g/mol. The van der Waals surface area contributed by atoms with Gasteiger partial charge in [-0.1, -0.05) is 18.2 Å². The number of nitrogens with one attached hydrogen (secondary N) is 1. The lowest BCUT2D eigenvalue weighted by Crippen LogP contribution is -2.30. The largest absolute Gasteiger partial charge is 0.496 e. The third-order valence-electron chi connectivity index (χ3n) is 4.98. The molecule has 33 heavy (non-hydrogen) atoms. The molecule has 0 unspecified atom stereocenters. The molecule has 10 nitrogen and oxygen atoms in total. The predicted octanol–water partition coefficient (Wildman–Crippen LogP) is 3.12. The summed E-state index contributed by atoms with van der Waals surface area (Å²) in [7, 11) is 3.06. The van der Waals surface area contributed by atoms with Gasteiger partial charge in [-0.25, -0.2) is 4.90 Å². The molecular formula is C22H19N5O5S. The highest BCUT2D eigenvalue weighted by Gasteiger charge is 2.33. The molecule has 168 valence electrons. The molecule has 1 saturated heterocycles. The number of aromatic nitrogens is 2. The molecule has 3 aromatic rings. The van der Waals surface area contributed by atoms with Crippen molar-refractivity contribution in [3.8, 4) is 11.5 Å². The van der Waals surface area contributed by atoms with Crippen LogP contribution in [0, 0.1) is 10.1 Å². The summed E-state index contributed by atoms with van der Waals surface area (Å²) in [5.41, 5.74) is 2.20. The highest BCUT2D eigenvalue weighted by atomic mass is 32.1. The van der Waals surface area contributed by atoms with E-state index in [1.165, 1.54) is 36.2 Å². The Bertz CT molecular complexity index is 1290. The third-order valence-corrected chi connectivity index (χ3v) is 5.27. The number of carbonyl (C=O) groups is 1. The van der Waals surface area contributed by atoms with Crippen molar-refractivity contribution in [3.63, 3.8) is 0 Å². The lowest BCUT2D eigenvalue weighted by atomic mass is 10.1. The van der Waals surface area contributed by atoms with Crippen LogP contribution in [0.5, 0.6) is 11.5 Å². The van der Waals surface area contributed by atoms with E-state index in [1.807, 2.05) is 12.1 Å². The smallest absolute Gasteiger partial charge is 0.307 e. The van der Waals surface area contributed by atoms with Crippen molar-refractivity contribution in [2.75, 3.05) is 19.1 Å². The van der Waals surface area contributed by atoms with Gasteiger partial charge in [0.05, 0.1) is 31.4 Å². The maximum atomic E-state index is 13.1. The maximum Gasteiger partial charge on any atom is 0.307 e. The Hall–Kier alpha value is -4.25. The van der Waals surface area contributed by atoms with Crippen molar-refractivity contribution in [1.29, 1.82) is 0 Å². The van der Waals surface area contributed by atoms with Crippen LogP contribution >= 0.6 is 12.2 Å². The van der Waals surface area contributed by atoms with Gasteiger partial charge in [0.2, 0.25) is 0 Å². The molecule has 0 bridgehead atoms. The zero-order valence-corrected chi connectivity index (χ0v) is 18.5. The zero-order valence-electron chi connectivity index (χ0n) is 17.7. The summed E-state index contributed by atoms with van der Waals surface area (Å²) in [6, 6.07) is 12.5. The molecule has 0 atom stereocenters. The molecule has 2 aromatic carbocycles. The Morgan fingerprint density at radius 1 is 1.18 bits per heavy atom. The first-order chi connectivity index (χ1) is 15.9. The first-order valence-corrected chi connectivity index (χ1v) is 10.2. The van der Waals surface area contributed by atoms with Crippen molar-refractivity contribution in [2.45, 2.75) is 6.54 Å². The Morgan fingerprint density at radius 3 is 2.64 bits per heavy atom. The summed E-state index contributed by atoms with van der Waals surface area (Å²) < 4.78 is 12.2. The van der Waals surface area contributed by atoms with Crippen molar-refractivity contribution in [1.82, 2.24) is 15.1 Å². The number of nitro groups is 1. The summed E-state index contributed by atoms with van der Waals surface area (Å²) >= 11 is 5.39. The lowest BCUT2D eigenvalue weighted by molar-refractivity contribution is -0.385. The number of ether oxygens (including phenoxy) is 2. The van der Waals surface area contributed by atoms with Gasteiger partial charge in [0, 0.05) is 5.56 Å². The van der Waals surface area contributed by atoms with E-state index < -0.39 is 4.92 Å². The lowest BCUT2D eigenvalue weighted by Gasteiger charge is -2.17. The minimum Gasteiger partial charge on any atom is -0.496 e. The molecule has 1 fully saturated rings. The van der Waals surface area contributed by atoms with Crippen LogP contribution in [-0.4, -0.2) is 39.9 Å². The number of hydrogen-bond acceptors (Lipinski definition) is 7. The third kappa shape index (κ3) is 4.39. The number of nitrogens with zero attached hydrogens (tertiary/aromatic N) is 4. The standard InChI is InChI=1S/C22H19N5O5S/c1-31-19-8-7-14(9-15(19)12-25-13-16(11-23-25)27(29)30)10-17-21(28)26(22(33)24-17)18-5-3-4-6-20(18)32-2/h3-11,13H,12H2,1-2H3,(H,24,33)/b17-10+. The van der Waals surface area contributed by atoms with Gasteiger partial charge in [-0.3, -0.25) is 19.6 Å². The summed E-state index contributed by atoms with van der Waals surface area (Å²) in [6.45, 7) is 0.251. The van der Waals surface area contributed by atoms with E-state index in [0.29, 0.717) is 28.4 Å². The molecule has 1 N–H and O–H groups in total. The van der Waals surface area contributed by atoms with Crippen LogP contribution in [-0.2, 0) is 11.3 Å². The number of amides is 1. The number of thiocarbonyl (C=S) groups is 1. The Balaban J connectivity index is 1.63. The second-order valence-corrected chi connectivity index (χ2v) is 7.41. The molecule has 0 spiro atoms. The van der Waals surface area contributed by atoms with Crippen LogP contribution in [0.2, 0.25) is 0 Å². The van der Waals surface area contributed by atoms with E-state index in [0.717, 1.165) is 5.56 Å². The van der Waals surface area contributed by atoms with E-state index in [-0.39, 0.29) is 23.3 Å². The Morgan fingerprint density at radius 2 is 1.94 bits per heavy atom. The topological polar surface area (TPSA) is 112 Å². The number of rotatable bonds is 7. The molecule has 1 aliphatic heterocycles. The van der Waals surface area contributed by atoms with Gasteiger partial charge in [0.25, 0.3) is 5.91 Å². The summed E-state index contributed by atoms with van der Waals surface area (Å²) in [6.07, 6.45) is 4.21. The fourth-order valence-electron chi connectivity index (χ4n) is 3.45. The van der Waals surface area contributed by atoms with Crippen molar-refractivity contribution in [3.05, 3.63) is 81.8 Å². The summed E-state index contributed by atoms with van der Waals surface area (Å²) in [5.74, 6) is 0.799. The summed E-state index contributed by atoms with van der Waals surface area (Å²) in [4.78, 5) is 24.9. The number of anilines is 1. The molecule has 11 heteroatoms. The number of carbonyl (C=O) groups excluding carboxylic acids is 1. The van der Waals surface area contributed by atoms with E-state index in [1.54, 1.807) is 36.4 Å². The van der Waals surface area contributed by atoms with Gasteiger partial charge < -0.3 is 14.8 Å². The van der Waals surface area contributed by atoms with Crippen LogP contribution in [0.25, 0.3) is 6.08 Å². The van der Waals surface area contributed by atoms with Gasteiger partial charge in [0.15, 0.2) is 5.11 Å². The van der Waals surface area contributed by atoms with Gasteiger partial charge >= 0.3 is 5.69 Å². The number of para-hydroxylation sites is 2. The molecule has 0 aliphatic carbocycles. The van der Waals surface area contributed by atoms with Crippen LogP contribution in [0.4, 0.5) is 11.4 Å². The van der Waals surface area contributed by atoms with Crippen molar-refractivity contribution in [2.24, 2.45) is 0 Å². The van der Waals surface area contributed by atoms with Crippen LogP contribution < -0.4 is 19.7 Å². The molecule has 1 aliphatic rings. The number of hydrogen-bond donors (Lipinski definition) is 1. The van der Waals surface area contributed by atoms with Gasteiger partial charge in [-0.05, 0) is 48.1 Å². The van der Waals surface area contributed by atoms with Gasteiger partial charge in [-0.15, -0.1) is 0 Å².